The molecule has 0 unspecified atom stereocenters. The minimum absolute atomic E-state index is 0.342. The Labute approximate surface area is 81.0 Å². The molecule has 0 saturated heterocycles. The Balaban J connectivity index is 3.01. The Morgan fingerprint density at radius 3 is 2.50 bits per heavy atom. The Hall–Kier alpha value is -1.71. The van der Waals surface area contributed by atoms with Gasteiger partial charge in [-0.2, -0.15) is 0 Å². The van der Waals surface area contributed by atoms with Gasteiger partial charge in [0.15, 0.2) is 0 Å². The fourth-order valence-electron chi connectivity index (χ4n) is 1.16. The molecule has 74 valence electrons. The molecular formula is C10H10FNO2. The summed E-state index contributed by atoms with van der Waals surface area (Å²) < 4.78 is 12.6. The molecule has 0 aliphatic rings. The molecule has 3 nitrogen and oxygen atoms in total. The van der Waals surface area contributed by atoms with Gasteiger partial charge in [0.2, 0.25) is 6.20 Å². The lowest BCUT2D eigenvalue weighted by Crippen LogP contribution is -1.90. The third-order valence-corrected chi connectivity index (χ3v) is 1.86. The average Bonchev–Trinajstić information content (AvgIpc) is 2.15. The third kappa shape index (κ3) is 2.65. The summed E-state index contributed by atoms with van der Waals surface area (Å²) in [5.74, 6) is -0.342. The van der Waals surface area contributed by atoms with Crippen LogP contribution in [0.2, 0.25) is 0 Å². The SMILES string of the molecule is CC/C(=C\[N+](=O)[O-])c1ccc(F)cc1. The first kappa shape index (κ1) is 10.4. The minimum Gasteiger partial charge on any atom is -0.259 e. The first-order valence-corrected chi connectivity index (χ1v) is 4.23. The second-order valence-electron chi connectivity index (χ2n) is 2.80. The van der Waals surface area contributed by atoms with Crippen LogP contribution in [0, 0.1) is 15.9 Å². The minimum atomic E-state index is -0.498. The van der Waals surface area contributed by atoms with E-state index in [1.165, 1.54) is 24.3 Å². The molecule has 0 aliphatic heterocycles. The van der Waals surface area contributed by atoms with Crippen LogP contribution in [0.3, 0.4) is 0 Å². The molecule has 0 heterocycles. The Bertz CT molecular complexity index is 357. The molecule has 14 heavy (non-hydrogen) atoms. The van der Waals surface area contributed by atoms with Crippen molar-refractivity contribution in [2.24, 2.45) is 0 Å². The van der Waals surface area contributed by atoms with E-state index < -0.39 is 4.92 Å². The Morgan fingerprint density at radius 1 is 1.50 bits per heavy atom. The van der Waals surface area contributed by atoms with E-state index >= 15 is 0 Å². The van der Waals surface area contributed by atoms with Crippen molar-refractivity contribution in [2.45, 2.75) is 13.3 Å². The van der Waals surface area contributed by atoms with Gasteiger partial charge in [0.05, 0.1) is 4.92 Å². The van der Waals surface area contributed by atoms with E-state index in [1.54, 1.807) is 0 Å². The number of hydrogen-bond acceptors (Lipinski definition) is 2. The number of nitrogens with zero attached hydrogens (tertiary/aromatic N) is 1. The summed E-state index contributed by atoms with van der Waals surface area (Å²) in [4.78, 5) is 9.77. The largest absolute Gasteiger partial charge is 0.259 e. The highest BCUT2D eigenvalue weighted by Crippen LogP contribution is 2.17. The van der Waals surface area contributed by atoms with Crippen LogP contribution in [-0.4, -0.2) is 4.92 Å². The van der Waals surface area contributed by atoms with Gasteiger partial charge in [-0.15, -0.1) is 0 Å². The van der Waals surface area contributed by atoms with Crippen molar-refractivity contribution in [3.63, 3.8) is 0 Å². The van der Waals surface area contributed by atoms with E-state index in [2.05, 4.69) is 0 Å². The zero-order valence-corrected chi connectivity index (χ0v) is 7.74. The first-order chi connectivity index (χ1) is 6.63. The van der Waals surface area contributed by atoms with Crippen LogP contribution in [0.4, 0.5) is 4.39 Å². The van der Waals surface area contributed by atoms with Crippen LogP contribution in [0.15, 0.2) is 30.5 Å². The normalized spacial score (nSPS) is 11.4. The van der Waals surface area contributed by atoms with Crippen LogP contribution >= 0.6 is 0 Å². The fourth-order valence-corrected chi connectivity index (χ4v) is 1.16. The van der Waals surface area contributed by atoms with Crippen molar-refractivity contribution in [3.05, 3.63) is 52.0 Å². The smallest absolute Gasteiger partial charge is 0.238 e. The zero-order chi connectivity index (χ0) is 10.6. The highest BCUT2D eigenvalue weighted by molar-refractivity contribution is 5.64. The maximum atomic E-state index is 12.6. The second kappa shape index (κ2) is 4.50. The number of allylic oxidation sites excluding steroid dienone is 1. The molecule has 0 fully saturated rings. The molecule has 0 aliphatic carbocycles. The molecule has 1 rings (SSSR count). The van der Waals surface area contributed by atoms with Gasteiger partial charge in [0.25, 0.3) is 0 Å². The monoisotopic (exact) mass is 195 g/mol. The van der Waals surface area contributed by atoms with Crippen LogP contribution < -0.4 is 0 Å². The zero-order valence-electron chi connectivity index (χ0n) is 7.74. The predicted octanol–water partition coefficient (Wildman–Crippen LogP) is 2.85. The second-order valence-corrected chi connectivity index (χ2v) is 2.80. The molecule has 0 bridgehead atoms. The van der Waals surface area contributed by atoms with Crippen molar-refractivity contribution in [2.75, 3.05) is 0 Å². The molecule has 1 aromatic rings. The number of rotatable bonds is 3. The number of nitro groups is 1. The molecular weight excluding hydrogens is 185 g/mol. The number of benzene rings is 1. The number of hydrogen-bond donors (Lipinski definition) is 0. The molecule has 0 amide bonds. The summed E-state index contributed by atoms with van der Waals surface area (Å²) in [6.07, 6.45) is 1.50. The lowest BCUT2D eigenvalue weighted by molar-refractivity contribution is -0.401. The summed E-state index contributed by atoms with van der Waals surface area (Å²) in [5, 5.41) is 10.3. The van der Waals surface area contributed by atoms with Crippen molar-refractivity contribution in [3.8, 4) is 0 Å². The highest BCUT2D eigenvalue weighted by Gasteiger charge is 2.03. The first-order valence-electron chi connectivity index (χ1n) is 4.23. The average molecular weight is 195 g/mol. The topological polar surface area (TPSA) is 43.1 Å². The Kier molecular flexibility index (Phi) is 3.34. The van der Waals surface area contributed by atoms with E-state index in [0.29, 0.717) is 17.6 Å². The van der Waals surface area contributed by atoms with Gasteiger partial charge >= 0.3 is 0 Å². The van der Waals surface area contributed by atoms with Gasteiger partial charge in [-0.1, -0.05) is 19.1 Å². The molecule has 4 heteroatoms. The molecule has 0 spiro atoms. The Morgan fingerprint density at radius 2 is 2.07 bits per heavy atom. The van der Waals surface area contributed by atoms with E-state index in [9.17, 15) is 14.5 Å². The highest BCUT2D eigenvalue weighted by atomic mass is 19.1. The molecule has 1 aromatic carbocycles. The summed E-state index contributed by atoms with van der Waals surface area (Å²) in [6, 6.07) is 5.65. The van der Waals surface area contributed by atoms with Crippen LogP contribution in [-0.2, 0) is 0 Å². The van der Waals surface area contributed by atoms with E-state index in [1.807, 2.05) is 6.92 Å². The van der Waals surface area contributed by atoms with Crippen molar-refractivity contribution in [1.29, 1.82) is 0 Å². The third-order valence-electron chi connectivity index (χ3n) is 1.86. The molecule has 0 aromatic heterocycles. The number of halogens is 1. The van der Waals surface area contributed by atoms with Gasteiger partial charge in [0.1, 0.15) is 5.82 Å². The standard InChI is InChI=1S/C10H10FNO2/c1-2-8(7-12(13)14)9-3-5-10(11)6-4-9/h3-7H,2H2,1H3/b8-7+. The maximum Gasteiger partial charge on any atom is 0.238 e. The quantitative estimate of drug-likeness (QED) is 0.549. The maximum absolute atomic E-state index is 12.6. The summed E-state index contributed by atoms with van der Waals surface area (Å²) in [6.45, 7) is 1.82. The van der Waals surface area contributed by atoms with Gasteiger partial charge in [-0.3, -0.25) is 10.1 Å². The lowest BCUT2D eigenvalue weighted by atomic mass is 10.1. The van der Waals surface area contributed by atoms with E-state index in [-0.39, 0.29) is 5.82 Å². The lowest BCUT2D eigenvalue weighted by Gasteiger charge is -2.00. The molecule has 0 atom stereocenters. The van der Waals surface area contributed by atoms with Crippen LogP contribution in [0.5, 0.6) is 0 Å². The van der Waals surface area contributed by atoms with Crippen LogP contribution in [0.25, 0.3) is 5.57 Å². The van der Waals surface area contributed by atoms with Crippen molar-refractivity contribution in [1.82, 2.24) is 0 Å². The van der Waals surface area contributed by atoms with Crippen molar-refractivity contribution < 1.29 is 9.31 Å². The van der Waals surface area contributed by atoms with E-state index in [4.69, 9.17) is 0 Å². The van der Waals surface area contributed by atoms with Gasteiger partial charge in [-0.05, 0) is 24.1 Å². The van der Waals surface area contributed by atoms with Gasteiger partial charge < -0.3 is 0 Å². The summed E-state index contributed by atoms with van der Waals surface area (Å²) in [5.41, 5.74) is 1.28. The molecule has 0 radical (unpaired) electrons. The van der Waals surface area contributed by atoms with Gasteiger partial charge in [-0.25, -0.2) is 4.39 Å². The predicted molar refractivity (Wildman–Crippen MR) is 51.7 cm³/mol. The van der Waals surface area contributed by atoms with Crippen molar-refractivity contribution >= 4 is 5.57 Å². The summed E-state index contributed by atoms with van der Waals surface area (Å²) in [7, 11) is 0. The fraction of sp³-hybridized carbons (Fsp3) is 0.200. The molecule has 0 N–H and O–H groups in total. The molecule has 0 saturated carbocycles. The van der Waals surface area contributed by atoms with Gasteiger partial charge in [0, 0.05) is 5.57 Å². The van der Waals surface area contributed by atoms with Crippen LogP contribution in [0.1, 0.15) is 18.9 Å². The van der Waals surface area contributed by atoms with E-state index in [0.717, 1.165) is 6.20 Å². The summed E-state index contributed by atoms with van der Waals surface area (Å²) >= 11 is 0.